The third kappa shape index (κ3) is 4.59. The van der Waals surface area contributed by atoms with Gasteiger partial charge in [-0.05, 0) is 51.6 Å². The summed E-state index contributed by atoms with van der Waals surface area (Å²) in [5.41, 5.74) is 0. The lowest BCUT2D eigenvalue weighted by Gasteiger charge is -2.39. The van der Waals surface area contributed by atoms with Gasteiger partial charge in [0.1, 0.15) is 0 Å². The van der Waals surface area contributed by atoms with Crippen molar-refractivity contribution < 1.29 is 0 Å². The van der Waals surface area contributed by atoms with Crippen molar-refractivity contribution in [1.82, 2.24) is 10.2 Å². The molecular weight excluding hydrogens is 208 g/mol. The van der Waals surface area contributed by atoms with E-state index < -0.39 is 0 Å². The first-order valence-corrected chi connectivity index (χ1v) is 7.31. The molecule has 0 aromatic heterocycles. The number of nitrogens with one attached hydrogen (secondary N) is 1. The number of nitrogens with zero attached hydrogens (tertiary/aromatic N) is 1. The number of rotatable bonds is 5. The summed E-state index contributed by atoms with van der Waals surface area (Å²) < 4.78 is 0. The van der Waals surface area contributed by atoms with Crippen LogP contribution in [-0.4, -0.2) is 37.6 Å². The molecule has 0 heterocycles. The summed E-state index contributed by atoms with van der Waals surface area (Å²) in [6, 6.07) is 1.36. The summed E-state index contributed by atoms with van der Waals surface area (Å²) in [4.78, 5) is 2.30. The molecule has 0 aromatic rings. The highest BCUT2D eigenvalue weighted by Gasteiger charge is 2.30. The summed E-state index contributed by atoms with van der Waals surface area (Å²) in [5, 5.41) is 3.82. The summed E-state index contributed by atoms with van der Waals surface area (Å²) >= 11 is 0. The second-order valence-corrected chi connectivity index (χ2v) is 6.65. The Balaban J connectivity index is 2.46. The van der Waals surface area contributed by atoms with Crippen molar-refractivity contribution in [3.8, 4) is 0 Å². The van der Waals surface area contributed by atoms with Crippen molar-refractivity contribution in [2.24, 2.45) is 17.8 Å². The van der Waals surface area contributed by atoms with Crippen LogP contribution in [0, 0.1) is 17.8 Å². The Labute approximate surface area is 108 Å². The van der Waals surface area contributed by atoms with Gasteiger partial charge in [-0.25, -0.2) is 0 Å². The van der Waals surface area contributed by atoms with Crippen molar-refractivity contribution in [3.05, 3.63) is 0 Å². The molecule has 0 saturated heterocycles. The molecule has 1 N–H and O–H groups in total. The van der Waals surface area contributed by atoms with Gasteiger partial charge in [-0.1, -0.05) is 27.2 Å². The molecule has 4 unspecified atom stereocenters. The predicted octanol–water partition coefficient (Wildman–Crippen LogP) is 2.99. The Kier molecular flexibility index (Phi) is 5.94. The van der Waals surface area contributed by atoms with Crippen molar-refractivity contribution in [2.45, 2.75) is 59.0 Å². The molecule has 102 valence electrons. The number of hydrogen-bond acceptors (Lipinski definition) is 2. The standard InChI is InChI=1S/C15H32N2/c1-11(2)14-8-7-12(3)9-15(14)16-10-13(4)17(5)6/h11-16H,7-10H2,1-6H3. The van der Waals surface area contributed by atoms with E-state index in [1.54, 1.807) is 0 Å². The minimum Gasteiger partial charge on any atom is -0.312 e. The fourth-order valence-electron chi connectivity index (χ4n) is 2.94. The van der Waals surface area contributed by atoms with Crippen LogP contribution in [0.5, 0.6) is 0 Å². The highest BCUT2D eigenvalue weighted by Crippen LogP contribution is 2.33. The summed E-state index contributed by atoms with van der Waals surface area (Å²) in [5.74, 6) is 2.59. The average Bonchev–Trinajstić information content (AvgIpc) is 2.25. The second kappa shape index (κ2) is 6.75. The molecule has 2 heteroatoms. The first-order chi connectivity index (χ1) is 7.91. The molecule has 0 bridgehead atoms. The van der Waals surface area contributed by atoms with Gasteiger partial charge in [0.05, 0.1) is 0 Å². The lowest BCUT2D eigenvalue weighted by atomic mass is 9.74. The van der Waals surface area contributed by atoms with Gasteiger partial charge < -0.3 is 10.2 Å². The molecular formula is C15H32N2. The lowest BCUT2D eigenvalue weighted by Crippen LogP contribution is -2.47. The van der Waals surface area contributed by atoms with Gasteiger partial charge in [0.25, 0.3) is 0 Å². The summed E-state index contributed by atoms with van der Waals surface area (Å²) in [6.45, 7) is 10.6. The molecule has 0 amide bonds. The molecule has 1 rings (SSSR count). The summed E-state index contributed by atoms with van der Waals surface area (Å²) in [6.07, 6.45) is 4.19. The molecule has 17 heavy (non-hydrogen) atoms. The Hall–Kier alpha value is -0.0800. The second-order valence-electron chi connectivity index (χ2n) is 6.65. The molecule has 0 radical (unpaired) electrons. The maximum absolute atomic E-state index is 3.82. The topological polar surface area (TPSA) is 15.3 Å². The maximum atomic E-state index is 3.82. The Morgan fingerprint density at radius 1 is 1.18 bits per heavy atom. The van der Waals surface area contributed by atoms with Crippen LogP contribution in [0.1, 0.15) is 47.0 Å². The van der Waals surface area contributed by atoms with Gasteiger partial charge in [-0.3, -0.25) is 0 Å². The van der Waals surface area contributed by atoms with E-state index in [4.69, 9.17) is 0 Å². The van der Waals surface area contributed by atoms with Gasteiger partial charge in [-0.2, -0.15) is 0 Å². The van der Waals surface area contributed by atoms with Crippen LogP contribution < -0.4 is 5.32 Å². The van der Waals surface area contributed by atoms with Crippen LogP contribution in [-0.2, 0) is 0 Å². The van der Waals surface area contributed by atoms with Crippen LogP contribution in [0.25, 0.3) is 0 Å². The van der Waals surface area contributed by atoms with Crippen LogP contribution in [0.15, 0.2) is 0 Å². The highest BCUT2D eigenvalue weighted by molar-refractivity contribution is 4.86. The average molecular weight is 240 g/mol. The van der Waals surface area contributed by atoms with E-state index in [0.717, 1.165) is 30.3 Å². The third-order valence-corrected chi connectivity index (χ3v) is 4.58. The molecule has 1 fully saturated rings. The van der Waals surface area contributed by atoms with Gasteiger partial charge >= 0.3 is 0 Å². The molecule has 4 atom stereocenters. The van der Waals surface area contributed by atoms with Crippen LogP contribution >= 0.6 is 0 Å². The number of likely N-dealkylation sites (N-methyl/N-ethyl adjacent to an activating group) is 1. The molecule has 1 aliphatic rings. The first-order valence-electron chi connectivity index (χ1n) is 7.31. The van der Waals surface area contributed by atoms with E-state index in [-0.39, 0.29) is 0 Å². The molecule has 0 aliphatic heterocycles. The van der Waals surface area contributed by atoms with Crippen LogP contribution in [0.2, 0.25) is 0 Å². The van der Waals surface area contributed by atoms with Crippen molar-refractivity contribution >= 4 is 0 Å². The smallest absolute Gasteiger partial charge is 0.0186 e. The minimum atomic E-state index is 0.625. The zero-order chi connectivity index (χ0) is 13.0. The molecule has 1 aliphatic carbocycles. The van der Waals surface area contributed by atoms with Gasteiger partial charge in [0.15, 0.2) is 0 Å². The molecule has 0 spiro atoms. The largest absolute Gasteiger partial charge is 0.312 e. The predicted molar refractivity (Wildman–Crippen MR) is 76.3 cm³/mol. The van der Waals surface area contributed by atoms with E-state index in [2.05, 4.69) is 52.0 Å². The van der Waals surface area contributed by atoms with Crippen molar-refractivity contribution in [2.75, 3.05) is 20.6 Å². The Morgan fingerprint density at radius 3 is 2.35 bits per heavy atom. The zero-order valence-corrected chi connectivity index (χ0v) is 12.7. The fraction of sp³-hybridized carbons (Fsp3) is 1.00. The first kappa shape index (κ1) is 15.0. The third-order valence-electron chi connectivity index (χ3n) is 4.58. The fourth-order valence-corrected chi connectivity index (χ4v) is 2.94. The zero-order valence-electron chi connectivity index (χ0n) is 12.7. The number of hydrogen-bond donors (Lipinski definition) is 1. The van der Waals surface area contributed by atoms with Gasteiger partial charge in [-0.15, -0.1) is 0 Å². The van der Waals surface area contributed by atoms with Crippen LogP contribution in [0.3, 0.4) is 0 Å². The Morgan fingerprint density at radius 2 is 1.82 bits per heavy atom. The monoisotopic (exact) mass is 240 g/mol. The van der Waals surface area contributed by atoms with E-state index in [9.17, 15) is 0 Å². The quantitative estimate of drug-likeness (QED) is 0.795. The lowest BCUT2D eigenvalue weighted by molar-refractivity contribution is 0.160. The van der Waals surface area contributed by atoms with E-state index in [0.29, 0.717) is 6.04 Å². The molecule has 1 saturated carbocycles. The highest BCUT2D eigenvalue weighted by atomic mass is 15.1. The van der Waals surface area contributed by atoms with Gasteiger partial charge in [0.2, 0.25) is 0 Å². The van der Waals surface area contributed by atoms with Gasteiger partial charge in [0, 0.05) is 18.6 Å². The SMILES string of the molecule is CC1CCC(C(C)C)C(NCC(C)N(C)C)C1. The van der Waals surface area contributed by atoms with Crippen molar-refractivity contribution in [3.63, 3.8) is 0 Å². The minimum absolute atomic E-state index is 0.625. The van der Waals surface area contributed by atoms with E-state index in [1.807, 2.05) is 0 Å². The van der Waals surface area contributed by atoms with E-state index in [1.165, 1.54) is 19.3 Å². The van der Waals surface area contributed by atoms with Crippen molar-refractivity contribution in [1.29, 1.82) is 0 Å². The normalized spacial score (nSPS) is 32.1. The summed E-state index contributed by atoms with van der Waals surface area (Å²) in [7, 11) is 4.32. The van der Waals surface area contributed by atoms with E-state index >= 15 is 0 Å². The Bertz CT molecular complexity index is 213. The maximum Gasteiger partial charge on any atom is 0.0186 e. The molecule has 0 aromatic carbocycles. The van der Waals surface area contributed by atoms with Crippen LogP contribution in [0.4, 0.5) is 0 Å². The molecule has 2 nitrogen and oxygen atoms in total.